The third-order valence-corrected chi connectivity index (χ3v) is 4.13. The van der Waals surface area contributed by atoms with Crippen LogP contribution in [0.1, 0.15) is 26.4 Å². The summed E-state index contributed by atoms with van der Waals surface area (Å²) < 4.78 is 1.31. The number of anilines is 1. The van der Waals surface area contributed by atoms with Crippen molar-refractivity contribution in [2.24, 2.45) is 5.73 Å². The van der Waals surface area contributed by atoms with Gasteiger partial charge in [-0.1, -0.05) is 23.2 Å². The van der Waals surface area contributed by atoms with E-state index in [4.69, 9.17) is 28.9 Å². The Kier molecular flexibility index (Phi) is 4.92. The van der Waals surface area contributed by atoms with Gasteiger partial charge in [0.05, 0.1) is 22.5 Å². The van der Waals surface area contributed by atoms with Crippen molar-refractivity contribution >= 4 is 40.7 Å². The maximum Gasteiger partial charge on any atom is 0.274 e. The molecule has 132 valence electrons. The van der Waals surface area contributed by atoms with Crippen molar-refractivity contribution in [3.05, 3.63) is 69.6 Å². The molecule has 0 aliphatic heterocycles. The number of carbonyl (C=O) groups excluding carboxylic acids is 2. The summed E-state index contributed by atoms with van der Waals surface area (Å²) in [7, 11) is 0. The predicted octanol–water partition coefficient (Wildman–Crippen LogP) is 3.23. The van der Waals surface area contributed by atoms with Gasteiger partial charge in [-0.3, -0.25) is 9.59 Å². The van der Waals surface area contributed by atoms with Crippen LogP contribution >= 0.6 is 23.2 Å². The number of primary amides is 1. The molecule has 0 atom stereocenters. The molecule has 0 radical (unpaired) electrons. The minimum absolute atomic E-state index is 0.116. The van der Waals surface area contributed by atoms with Gasteiger partial charge in [-0.25, -0.2) is 9.67 Å². The first-order chi connectivity index (χ1) is 12.4. The zero-order valence-corrected chi connectivity index (χ0v) is 15.0. The third kappa shape index (κ3) is 3.40. The van der Waals surface area contributed by atoms with Crippen molar-refractivity contribution in [2.45, 2.75) is 6.92 Å². The first kappa shape index (κ1) is 17.9. The summed E-state index contributed by atoms with van der Waals surface area (Å²) in [5.74, 6) is -0.892. The fourth-order valence-corrected chi connectivity index (χ4v) is 2.93. The van der Waals surface area contributed by atoms with E-state index in [1.54, 1.807) is 31.3 Å². The SMILES string of the molecule is Cc1cc(Cl)cc(C(N)=O)c1NC(=O)c1ccnn1-c1ncccc1Cl. The number of nitrogens with one attached hydrogen (secondary N) is 1. The van der Waals surface area contributed by atoms with Gasteiger partial charge in [-0.2, -0.15) is 5.10 Å². The number of hydrogen-bond donors (Lipinski definition) is 2. The van der Waals surface area contributed by atoms with Gasteiger partial charge in [0, 0.05) is 11.2 Å². The number of rotatable bonds is 4. The van der Waals surface area contributed by atoms with Crippen LogP contribution in [0.2, 0.25) is 10.0 Å². The number of hydrogen-bond acceptors (Lipinski definition) is 4. The average Bonchev–Trinajstić information content (AvgIpc) is 3.06. The number of halogens is 2. The first-order valence-electron chi connectivity index (χ1n) is 7.44. The Labute approximate surface area is 158 Å². The van der Waals surface area contributed by atoms with Gasteiger partial charge in [0.15, 0.2) is 5.82 Å². The zero-order valence-electron chi connectivity index (χ0n) is 13.5. The normalized spacial score (nSPS) is 10.6. The second-order valence-corrected chi connectivity index (χ2v) is 6.24. The first-order valence-corrected chi connectivity index (χ1v) is 8.20. The van der Waals surface area contributed by atoms with E-state index < -0.39 is 11.8 Å². The van der Waals surface area contributed by atoms with Crippen molar-refractivity contribution in [3.63, 3.8) is 0 Å². The monoisotopic (exact) mass is 389 g/mol. The summed E-state index contributed by atoms with van der Waals surface area (Å²) >= 11 is 12.1. The maximum absolute atomic E-state index is 12.8. The molecule has 26 heavy (non-hydrogen) atoms. The number of carbonyl (C=O) groups is 2. The number of aryl methyl sites for hydroxylation is 1. The molecule has 0 fully saturated rings. The van der Waals surface area contributed by atoms with E-state index in [-0.39, 0.29) is 16.9 Å². The summed E-state index contributed by atoms with van der Waals surface area (Å²) in [6.07, 6.45) is 2.99. The van der Waals surface area contributed by atoms with Gasteiger partial charge in [0.25, 0.3) is 11.8 Å². The Bertz CT molecular complexity index is 1020. The van der Waals surface area contributed by atoms with E-state index in [0.717, 1.165) is 0 Å². The van der Waals surface area contributed by atoms with Crippen LogP contribution in [0.3, 0.4) is 0 Å². The Morgan fingerprint density at radius 2 is 1.96 bits per heavy atom. The quantitative estimate of drug-likeness (QED) is 0.714. The van der Waals surface area contributed by atoms with Crippen LogP contribution in [-0.2, 0) is 0 Å². The van der Waals surface area contributed by atoms with Gasteiger partial charge in [-0.05, 0) is 42.8 Å². The van der Waals surface area contributed by atoms with E-state index in [9.17, 15) is 9.59 Å². The van der Waals surface area contributed by atoms with Crippen molar-refractivity contribution in [2.75, 3.05) is 5.32 Å². The summed E-state index contributed by atoms with van der Waals surface area (Å²) in [4.78, 5) is 28.6. The predicted molar refractivity (Wildman–Crippen MR) is 99.0 cm³/mol. The largest absolute Gasteiger partial charge is 0.366 e. The molecule has 2 heterocycles. The molecule has 2 amide bonds. The average molecular weight is 390 g/mol. The van der Waals surface area contributed by atoms with E-state index in [1.165, 1.54) is 23.0 Å². The van der Waals surface area contributed by atoms with Crippen LogP contribution in [-0.4, -0.2) is 26.6 Å². The van der Waals surface area contributed by atoms with E-state index >= 15 is 0 Å². The fourth-order valence-electron chi connectivity index (χ4n) is 2.46. The standard InChI is InChI=1S/C17H13Cl2N5O2/c1-9-7-10(18)8-11(15(20)25)14(9)23-17(26)13-4-6-22-24(13)16-12(19)3-2-5-21-16/h2-8H,1H3,(H2,20,25)(H,23,26). The number of benzene rings is 1. The molecule has 3 rings (SSSR count). The third-order valence-electron chi connectivity index (χ3n) is 3.62. The van der Waals surface area contributed by atoms with Crippen molar-refractivity contribution in [1.82, 2.24) is 14.8 Å². The highest BCUT2D eigenvalue weighted by molar-refractivity contribution is 6.32. The Morgan fingerprint density at radius 1 is 1.19 bits per heavy atom. The molecule has 1 aromatic carbocycles. The lowest BCUT2D eigenvalue weighted by Crippen LogP contribution is -2.21. The molecule has 0 unspecified atom stereocenters. The van der Waals surface area contributed by atoms with Gasteiger partial charge >= 0.3 is 0 Å². The Balaban J connectivity index is 2.00. The summed E-state index contributed by atoms with van der Waals surface area (Å²) in [6.45, 7) is 1.71. The molecule has 9 heteroatoms. The van der Waals surface area contributed by atoms with E-state index in [2.05, 4.69) is 15.4 Å². The van der Waals surface area contributed by atoms with E-state index in [0.29, 0.717) is 21.4 Å². The highest BCUT2D eigenvalue weighted by atomic mass is 35.5. The van der Waals surface area contributed by atoms with Gasteiger partial charge in [-0.15, -0.1) is 0 Å². The molecule has 0 aliphatic rings. The molecular weight excluding hydrogens is 377 g/mol. The smallest absolute Gasteiger partial charge is 0.274 e. The number of aromatic nitrogens is 3. The van der Waals surface area contributed by atoms with Crippen molar-refractivity contribution < 1.29 is 9.59 Å². The molecule has 3 aromatic rings. The molecule has 2 aromatic heterocycles. The van der Waals surface area contributed by atoms with Crippen LogP contribution in [0.5, 0.6) is 0 Å². The highest BCUT2D eigenvalue weighted by Crippen LogP contribution is 2.26. The molecule has 0 bridgehead atoms. The molecular formula is C17H13Cl2N5O2. The number of nitrogens with zero attached hydrogens (tertiary/aromatic N) is 3. The van der Waals surface area contributed by atoms with Gasteiger partial charge in [0.1, 0.15) is 5.69 Å². The minimum Gasteiger partial charge on any atom is -0.366 e. The number of pyridine rings is 1. The lowest BCUT2D eigenvalue weighted by Gasteiger charge is -2.13. The Hall–Kier alpha value is -2.90. The van der Waals surface area contributed by atoms with Crippen molar-refractivity contribution in [1.29, 1.82) is 0 Å². The van der Waals surface area contributed by atoms with Crippen LogP contribution in [0.25, 0.3) is 5.82 Å². The van der Waals surface area contributed by atoms with Crippen molar-refractivity contribution in [3.8, 4) is 5.82 Å². The summed E-state index contributed by atoms with van der Waals surface area (Å²) in [6, 6.07) is 7.85. The number of nitrogens with two attached hydrogens (primary N) is 1. The summed E-state index contributed by atoms with van der Waals surface area (Å²) in [5, 5.41) is 7.48. The lowest BCUT2D eigenvalue weighted by molar-refractivity contribution is 0.100. The van der Waals surface area contributed by atoms with Crippen LogP contribution in [0.4, 0.5) is 5.69 Å². The Morgan fingerprint density at radius 3 is 2.65 bits per heavy atom. The molecule has 0 saturated heterocycles. The second kappa shape index (κ2) is 7.15. The van der Waals surface area contributed by atoms with Crippen LogP contribution in [0.15, 0.2) is 42.7 Å². The number of amides is 2. The van der Waals surface area contributed by atoms with Crippen LogP contribution < -0.4 is 11.1 Å². The van der Waals surface area contributed by atoms with Crippen LogP contribution in [0, 0.1) is 6.92 Å². The van der Waals surface area contributed by atoms with Gasteiger partial charge < -0.3 is 11.1 Å². The lowest BCUT2D eigenvalue weighted by atomic mass is 10.1. The topological polar surface area (TPSA) is 103 Å². The maximum atomic E-state index is 12.8. The molecule has 0 aliphatic carbocycles. The minimum atomic E-state index is -0.702. The zero-order chi connectivity index (χ0) is 18.8. The fraction of sp³-hybridized carbons (Fsp3) is 0.0588. The molecule has 0 spiro atoms. The van der Waals surface area contributed by atoms with E-state index in [1.807, 2.05) is 0 Å². The summed E-state index contributed by atoms with van der Waals surface area (Å²) in [5.41, 5.74) is 6.58. The molecule has 7 nitrogen and oxygen atoms in total. The second-order valence-electron chi connectivity index (χ2n) is 5.40. The molecule has 3 N–H and O–H groups in total. The highest BCUT2D eigenvalue weighted by Gasteiger charge is 2.20. The van der Waals surface area contributed by atoms with Gasteiger partial charge in [0.2, 0.25) is 0 Å². The molecule has 0 saturated carbocycles.